The van der Waals surface area contributed by atoms with Crippen LogP contribution in [0.4, 0.5) is 0 Å². The smallest absolute Gasteiger partial charge is 0.240 e. The van der Waals surface area contributed by atoms with E-state index >= 15 is 0 Å². The van der Waals surface area contributed by atoms with Crippen molar-refractivity contribution in [1.29, 1.82) is 0 Å². The first-order chi connectivity index (χ1) is 9.06. The topological polar surface area (TPSA) is 63.2 Å². The highest BCUT2D eigenvalue weighted by Gasteiger charge is 2.25. The lowest BCUT2D eigenvalue weighted by molar-refractivity contribution is 0.101. The van der Waals surface area contributed by atoms with E-state index in [1.165, 1.54) is 19.1 Å². The minimum atomic E-state index is -3.59. The molecule has 0 heterocycles. The van der Waals surface area contributed by atoms with Crippen molar-refractivity contribution in [2.24, 2.45) is 11.3 Å². The Kier molecular flexibility index (Phi) is 5.10. The van der Waals surface area contributed by atoms with Crippen molar-refractivity contribution in [3.05, 3.63) is 29.8 Å². The number of sulfonamides is 1. The number of Topliss-reactive ketones (excluding diaryl/α,β-unsaturated/α-hetero) is 1. The van der Waals surface area contributed by atoms with Crippen molar-refractivity contribution in [1.82, 2.24) is 4.72 Å². The summed E-state index contributed by atoms with van der Waals surface area (Å²) < 4.78 is 27.1. The standard InChI is InChI=1S/C15H23NO3S/c1-11(2)15(4,5)10-16-20(18,19)14-8-6-7-13(9-14)12(3)17/h6-9,11,16H,10H2,1-5H3. The van der Waals surface area contributed by atoms with E-state index in [2.05, 4.69) is 18.6 Å². The van der Waals surface area contributed by atoms with Gasteiger partial charge in [-0.1, -0.05) is 39.8 Å². The number of carbonyl (C=O) groups is 1. The fraction of sp³-hybridized carbons (Fsp3) is 0.533. The van der Waals surface area contributed by atoms with E-state index in [-0.39, 0.29) is 16.1 Å². The SMILES string of the molecule is CC(=O)c1cccc(S(=O)(=O)NCC(C)(C)C(C)C)c1. The minimum absolute atomic E-state index is 0.129. The maximum absolute atomic E-state index is 12.3. The van der Waals surface area contributed by atoms with E-state index in [1.54, 1.807) is 12.1 Å². The Bertz CT molecular complexity index is 589. The fourth-order valence-corrected chi connectivity index (χ4v) is 2.72. The highest BCUT2D eigenvalue weighted by atomic mass is 32.2. The zero-order chi connectivity index (χ0) is 15.6. The molecule has 0 saturated heterocycles. The molecule has 1 aromatic rings. The molecule has 0 saturated carbocycles. The van der Waals surface area contributed by atoms with Crippen LogP contribution in [-0.2, 0) is 10.0 Å². The Hall–Kier alpha value is -1.20. The van der Waals surface area contributed by atoms with Gasteiger partial charge in [-0.3, -0.25) is 4.79 Å². The Morgan fingerprint density at radius 3 is 2.40 bits per heavy atom. The molecule has 0 fully saturated rings. The van der Waals surface area contributed by atoms with Gasteiger partial charge in [-0.05, 0) is 30.4 Å². The third-order valence-electron chi connectivity index (χ3n) is 3.83. The quantitative estimate of drug-likeness (QED) is 0.821. The van der Waals surface area contributed by atoms with Gasteiger partial charge in [-0.2, -0.15) is 0 Å². The molecule has 0 aromatic heterocycles. The zero-order valence-corrected chi connectivity index (χ0v) is 13.5. The number of benzene rings is 1. The molecule has 112 valence electrons. The monoisotopic (exact) mass is 297 g/mol. The summed E-state index contributed by atoms with van der Waals surface area (Å²) in [7, 11) is -3.59. The first-order valence-electron chi connectivity index (χ1n) is 6.67. The van der Waals surface area contributed by atoms with Gasteiger partial charge in [-0.25, -0.2) is 13.1 Å². The molecule has 0 radical (unpaired) electrons. The second-order valence-corrected chi connectivity index (χ2v) is 7.82. The molecule has 1 rings (SSSR count). The van der Waals surface area contributed by atoms with Crippen molar-refractivity contribution in [2.45, 2.75) is 39.5 Å². The van der Waals surface area contributed by atoms with E-state index in [9.17, 15) is 13.2 Å². The van der Waals surface area contributed by atoms with Crippen LogP contribution in [0.1, 0.15) is 45.0 Å². The van der Waals surface area contributed by atoms with Crippen molar-refractivity contribution < 1.29 is 13.2 Å². The molecule has 0 bridgehead atoms. The van der Waals surface area contributed by atoms with E-state index in [0.717, 1.165) is 0 Å². The van der Waals surface area contributed by atoms with Gasteiger partial charge in [0.25, 0.3) is 0 Å². The summed E-state index contributed by atoms with van der Waals surface area (Å²) in [4.78, 5) is 11.4. The molecule has 0 aliphatic heterocycles. The summed E-state index contributed by atoms with van der Waals surface area (Å²) in [6.45, 7) is 9.94. The summed E-state index contributed by atoms with van der Waals surface area (Å²) in [6, 6.07) is 6.10. The fourth-order valence-electron chi connectivity index (χ4n) is 1.45. The highest BCUT2D eigenvalue weighted by molar-refractivity contribution is 7.89. The molecule has 0 amide bonds. The van der Waals surface area contributed by atoms with E-state index in [0.29, 0.717) is 18.0 Å². The van der Waals surface area contributed by atoms with Crippen LogP contribution in [0, 0.1) is 11.3 Å². The van der Waals surface area contributed by atoms with E-state index < -0.39 is 10.0 Å². The molecule has 0 unspecified atom stereocenters. The minimum Gasteiger partial charge on any atom is -0.295 e. The molecule has 0 spiro atoms. The van der Waals surface area contributed by atoms with Crippen LogP contribution in [0.25, 0.3) is 0 Å². The third kappa shape index (κ3) is 4.15. The third-order valence-corrected chi connectivity index (χ3v) is 5.23. The lowest BCUT2D eigenvalue weighted by Gasteiger charge is -2.29. The molecule has 1 N–H and O–H groups in total. The van der Waals surface area contributed by atoms with Gasteiger partial charge in [0, 0.05) is 12.1 Å². The summed E-state index contributed by atoms with van der Waals surface area (Å²) in [6.07, 6.45) is 0. The largest absolute Gasteiger partial charge is 0.295 e. The number of ketones is 1. The molecule has 0 atom stereocenters. The molecule has 1 aromatic carbocycles. The normalized spacial score (nSPS) is 12.7. The lowest BCUT2D eigenvalue weighted by atomic mass is 9.81. The van der Waals surface area contributed by atoms with Gasteiger partial charge in [0.05, 0.1) is 4.90 Å². The van der Waals surface area contributed by atoms with Crippen LogP contribution in [0.2, 0.25) is 0 Å². The highest BCUT2D eigenvalue weighted by Crippen LogP contribution is 2.25. The van der Waals surface area contributed by atoms with Crippen molar-refractivity contribution in [3.63, 3.8) is 0 Å². The van der Waals surface area contributed by atoms with E-state index in [1.807, 2.05) is 13.8 Å². The lowest BCUT2D eigenvalue weighted by Crippen LogP contribution is -2.37. The molecular weight excluding hydrogens is 274 g/mol. The van der Waals surface area contributed by atoms with Gasteiger partial charge in [0.1, 0.15) is 0 Å². The summed E-state index contributed by atoms with van der Waals surface area (Å²) in [5, 5.41) is 0. The number of carbonyl (C=O) groups excluding carboxylic acids is 1. The summed E-state index contributed by atoms with van der Waals surface area (Å²) >= 11 is 0. The summed E-state index contributed by atoms with van der Waals surface area (Å²) in [5.74, 6) is 0.207. The van der Waals surface area contributed by atoms with Crippen LogP contribution < -0.4 is 4.72 Å². The van der Waals surface area contributed by atoms with E-state index in [4.69, 9.17) is 0 Å². The molecular formula is C15H23NO3S. The van der Waals surface area contributed by atoms with Crippen LogP contribution in [0.5, 0.6) is 0 Å². The second kappa shape index (κ2) is 6.06. The number of hydrogen-bond acceptors (Lipinski definition) is 3. The summed E-state index contributed by atoms with van der Waals surface area (Å²) in [5.41, 5.74) is 0.265. The molecule has 20 heavy (non-hydrogen) atoms. The van der Waals surface area contributed by atoms with Gasteiger partial charge in [-0.15, -0.1) is 0 Å². The Morgan fingerprint density at radius 1 is 1.30 bits per heavy atom. The average molecular weight is 297 g/mol. The molecule has 0 aliphatic carbocycles. The average Bonchev–Trinajstić information content (AvgIpc) is 2.36. The van der Waals surface area contributed by atoms with Crippen molar-refractivity contribution >= 4 is 15.8 Å². The van der Waals surface area contributed by atoms with Crippen LogP contribution in [-0.4, -0.2) is 20.7 Å². The Balaban J connectivity index is 2.95. The maximum atomic E-state index is 12.3. The maximum Gasteiger partial charge on any atom is 0.240 e. The number of hydrogen-bond donors (Lipinski definition) is 1. The second-order valence-electron chi connectivity index (χ2n) is 6.05. The van der Waals surface area contributed by atoms with Crippen LogP contribution in [0.15, 0.2) is 29.2 Å². The number of rotatable bonds is 6. The van der Waals surface area contributed by atoms with Gasteiger partial charge in [0.15, 0.2) is 5.78 Å². The number of nitrogens with one attached hydrogen (secondary N) is 1. The first-order valence-corrected chi connectivity index (χ1v) is 8.15. The predicted octanol–water partition coefficient (Wildman–Crippen LogP) is 2.85. The van der Waals surface area contributed by atoms with Crippen LogP contribution >= 0.6 is 0 Å². The Morgan fingerprint density at radius 2 is 1.90 bits per heavy atom. The molecule has 0 aliphatic rings. The van der Waals surface area contributed by atoms with Gasteiger partial charge >= 0.3 is 0 Å². The molecule has 5 heteroatoms. The first kappa shape index (κ1) is 16.9. The van der Waals surface area contributed by atoms with Crippen molar-refractivity contribution in [2.75, 3.05) is 6.54 Å². The van der Waals surface area contributed by atoms with Gasteiger partial charge < -0.3 is 0 Å². The van der Waals surface area contributed by atoms with Crippen LogP contribution in [0.3, 0.4) is 0 Å². The Labute approximate surface area is 121 Å². The van der Waals surface area contributed by atoms with Gasteiger partial charge in [0.2, 0.25) is 10.0 Å². The van der Waals surface area contributed by atoms with Crippen molar-refractivity contribution in [3.8, 4) is 0 Å². The predicted molar refractivity (Wildman–Crippen MR) is 80.3 cm³/mol. The molecule has 4 nitrogen and oxygen atoms in total. The zero-order valence-electron chi connectivity index (χ0n) is 12.7.